The number of halogens is 1. The number of aromatic hydroxyl groups is 2. The van der Waals surface area contributed by atoms with Crippen LogP contribution in [0.25, 0.3) is 22.3 Å². The molecular formula is C23H28ClNO4. The maximum absolute atomic E-state index is 12.1. The average Bonchev–Trinajstić information content (AvgIpc) is 2.70. The molecule has 0 amide bonds. The van der Waals surface area contributed by atoms with Gasteiger partial charge in [0.2, 0.25) is 0 Å². The predicted octanol–water partition coefficient (Wildman–Crippen LogP) is 5.65. The van der Waals surface area contributed by atoms with Crippen LogP contribution in [0.4, 0.5) is 0 Å². The second kappa shape index (κ2) is 10.9. The molecule has 6 heteroatoms. The fourth-order valence-electron chi connectivity index (χ4n) is 3.10. The molecule has 5 nitrogen and oxygen atoms in total. The van der Waals surface area contributed by atoms with Crippen molar-refractivity contribution in [1.29, 1.82) is 0 Å². The molecule has 2 aromatic carbocycles. The summed E-state index contributed by atoms with van der Waals surface area (Å²) in [5.74, 6) is -0.230. The summed E-state index contributed by atoms with van der Waals surface area (Å²) in [6.07, 6.45) is 4.28. The standard InChI is InChI=1S/C15H9ClO4.C6H13N.C2H6/c16-10-4-2-1-3-9(10)13-7-12(19)15-11(18)5-8(17)6-14(15)20-13;1-7-5-3-2-4-6-7;1-2/h1-7,17-18H;2-6H2,1H3;1-2H3. The van der Waals surface area contributed by atoms with E-state index in [4.69, 9.17) is 16.0 Å². The van der Waals surface area contributed by atoms with Crippen molar-refractivity contribution >= 4 is 22.6 Å². The zero-order valence-corrected chi connectivity index (χ0v) is 17.9. The summed E-state index contributed by atoms with van der Waals surface area (Å²) in [5, 5.41) is 19.6. The van der Waals surface area contributed by atoms with Crippen molar-refractivity contribution in [2.24, 2.45) is 0 Å². The molecule has 3 aromatic rings. The Balaban J connectivity index is 0.000000280. The molecule has 2 heterocycles. The second-order valence-electron chi connectivity index (χ2n) is 6.66. The van der Waals surface area contributed by atoms with E-state index < -0.39 is 5.43 Å². The van der Waals surface area contributed by atoms with Gasteiger partial charge in [-0.05, 0) is 45.1 Å². The van der Waals surface area contributed by atoms with Gasteiger partial charge in [-0.2, -0.15) is 0 Å². The van der Waals surface area contributed by atoms with E-state index in [0.29, 0.717) is 10.6 Å². The van der Waals surface area contributed by atoms with Crippen molar-refractivity contribution in [2.75, 3.05) is 20.1 Å². The van der Waals surface area contributed by atoms with Gasteiger partial charge in [-0.3, -0.25) is 4.79 Å². The molecule has 1 aromatic heterocycles. The monoisotopic (exact) mass is 417 g/mol. The Hall–Kier alpha value is -2.50. The summed E-state index contributed by atoms with van der Waals surface area (Å²) in [7, 11) is 2.19. The first-order valence-corrected chi connectivity index (χ1v) is 10.3. The molecule has 0 saturated carbocycles. The SMILES string of the molecule is CC.CN1CCCCC1.O=c1cc(-c2ccccc2Cl)oc2cc(O)cc(O)c12. The lowest BCUT2D eigenvalue weighted by Crippen LogP contribution is -2.24. The van der Waals surface area contributed by atoms with Gasteiger partial charge < -0.3 is 19.5 Å². The lowest BCUT2D eigenvalue weighted by atomic mass is 10.1. The average molecular weight is 418 g/mol. The Labute approximate surface area is 176 Å². The maximum atomic E-state index is 12.1. The number of hydrogen-bond acceptors (Lipinski definition) is 5. The summed E-state index contributed by atoms with van der Waals surface area (Å²) in [6.45, 7) is 6.64. The third kappa shape index (κ3) is 5.99. The number of fused-ring (bicyclic) bond motifs is 1. The topological polar surface area (TPSA) is 73.9 Å². The van der Waals surface area contributed by atoms with Crippen molar-refractivity contribution in [3.8, 4) is 22.8 Å². The number of likely N-dealkylation sites (tertiary alicyclic amines) is 1. The van der Waals surface area contributed by atoms with Gasteiger partial charge >= 0.3 is 0 Å². The zero-order chi connectivity index (χ0) is 21.4. The van der Waals surface area contributed by atoms with Crippen LogP contribution in [0, 0.1) is 0 Å². The maximum Gasteiger partial charge on any atom is 0.197 e. The zero-order valence-electron chi connectivity index (χ0n) is 17.1. The number of rotatable bonds is 1. The predicted molar refractivity (Wildman–Crippen MR) is 119 cm³/mol. The normalized spacial score (nSPS) is 13.8. The molecule has 2 N–H and O–H groups in total. The lowest BCUT2D eigenvalue weighted by molar-refractivity contribution is 0.277. The summed E-state index contributed by atoms with van der Waals surface area (Å²) in [6, 6.07) is 10.6. The number of benzene rings is 2. The molecule has 0 unspecified atom stereocenters. The minimum Gasteiger partial charge on any atom is -0.508 e. The third-order valence-electron chi connectivity index (χ3n) is 4.51. The van der Waals surface area contributed by atoms with Gasteiger partial charge in [-0.25, -0.2) is 0 Å². The Morgan fingerprint density at radius 2 is 1.66 bits per heavy atom. The van der Waals surface area contributed by atoms with Crippen LogP contribution in [-0.4, -0.2) is 35.3 Å². The smallest absolute Gasteiger partial charge is 0.197 e. The molecule has 156 valence electrons. The molecule has 1 saturated heterocycles. The Bertz CT molecular complexity index is 994. The highest BCUT2D eigenvalue weighted by molar-refractivity contribution is 6.33. The van der Waals surface area contributed by atoms with Gasteiger partial charge in [0, 0.05) is 23.8 Å². The summed E-state index contributed by atoms with van der Waals surface area (Å²) in [4.78, 5) is 14.5. The fourth-order valence-corrected chi connectivity index (χ4v) is 3.33. The Morgan fingerprint density at radius 1 is 1.00 bits per heavy atom. The van der Waals surface area contributed by atoms with Crippen LogP contribution in [0.5, 0.6) is 11.5 Å². The number of piperidine rings is 1. The van der Waals surface area contributed by atoms with Gasteiger partial charge in [-0.1, -0.05) is 44.0 Å². The highest BCUT2D eigenvalue weighted by atomic mass is 35.5. The van der Waals surface area contributed by atoms with Crippen LogP contribution in [-0.2, 0) is 0 Å². The van der Waals surface area contributed by atoms with E-state index in [2.05, 4.69) is 11.9 Å². The van der Waals surface area contributed by atoms with E-state index in [1.54, 1.807) is 24.3 Å². The molecule has 29 heavy (non-hydrogen) atoms. The van der Waals surface area contributed by atoms with E-state index in [-0.39, 0.29) is 28.2 Å². The lowest BCUT2D eigenvalue weighted by Gasteiger charge is -2.20. The molecular weight excluding hydrogens is 390 g/mol. The molecule has 1 fully saturated rings. The largest absolute Gasteiger partial charge is 0.508 e. The van der Waals surface area contributed by atoms with E-state index in [1.807, 2.05) is 13.8 Å². The van der Waals surface area contributed by atoms with E-state index in [9.17, 15) is 15.0 Å². The quantitative estimate of drug-likeness (QED) is 0.535. The van der Waals surface area contributed by atoms with Crippen LogP contribution in [0.15, 0.2) is 51.7 Å². The Kier molecular flexibility index (Phi) is 8.55. The van der Waals surface area contributed by atoms with Crippen LogP contribution in [0.3, 0.4) is 0 Å². The fraction of sp³-hybridized carbons (Fsp3) is 0.348. The number of phenols is 2. The summed E-state index contributed by atoms with van der Waals surface area (Å²) >= 11 is 6.06. The van der Waals surface area contributed by atoms with Crippen molar-refractivity contribution in [3.05, 3.63) is 57.7 Å². The molecule has 0 aliphatic carbocycles. The highest BCUT2D eigenvalue weighted by Crippen LogP contribution is 2.32. The van der Waals surface area contributed by atoms with Gasteiger partial charge in [0.1, 0.15) is 28.2 Å². The van der Waals surface area contributed by atoms with E-state index >= 15 is 0 Å². The van der Waals surface area contributed by atoms with Gasteiger partial charge in [0.05, 0.1) is 5.02 Å². The number of phenolic OH excluding ortho intramolecular Hbond substituents is 2. The number of nitrogens with zero attached hydrogens (tertiary/aromatic N) is 1. The molecule has 1 aliphatic rings. The van der Waals surface area contributed by atoms with Crippen molar-refractivity contribution in [1.82, 2.24) is 4.90 Å². The van der Waals surface area contributed by atoms with Crippen molar-refractivity contribution in [2.45, 2.75) is 33.1 Å². The van der Waals surface area contributed by atoms with Gasteiger partial charge in [0.15, 0.2) is 5.43 Å². The minimum absolute atomic E-state index is 0.0265. The van der Waals surface area contributed by atoms with Crippen LogP contribution >= 0.6 is 11.6 Å². The first-order valence-electron chi connectivity index (χ1n) is 9.89. The van der Waals surface area contributed by atoms with Crippen LogP contribution in [0.1, 0.15) is 33.1 Å². The van der Waals surface area contributed by atoms with Crippen molar-refractivity contribution in [3.63, 3.8) is 0 Å². The van der Waals surface area contributed by atoms with E-state index in [1.165, 1.54) is 44.5 Å². The summed E-state index contributed by atoms with van der Waals surface area (Å²) in [5.41, 5.74) is 0.264. The first-order chi connectivity index (χ1) is 14.0. The van der Waals surface area contributed by atoms with Crippen LogP contribution in [0.2, 0.25) is 5.02 Å². The minimum atomic E-state index is -0.404. The molecule has 0 bridgehead atoms. The van der Waals surface area contributed by atoms with Gasteiger partial charge in [-0.15, -0.1) is 0 Å². The molecule has 0 atom stereocenters. The first kappa shape index (κ1) is 22.8. The molecule has 1 aliphatic heterocycles. The Morgan fingerprint density at radius 3 is 2.24 bits per heavy atom. The second-order valence-corrected chi connectivity index (χ2v) is 7.06. The highest BCUT2D eigenvalue weighted by Gasteiger charge is 2.13. The molecule has 4 rings (SSSR count). The van der Waals surface area contributed by atoms with Gasteiger partial charge in [0.25, 0.3) is 0 Å². The third-order valence-corrected chi connectivity index (χ3v) is 4.84. The van der Waals surface area contributed by atoms with E-state index in [0.717, 1.165) is 6.07 Å². The number of hydrogen-bond donors (Lipinski definition) is 2. The van der Waals surface area contributed by atoms with Crippen molar-refractivity contribution < 1.29 is 14.6 Å². The summed E-state index contributed by atoms with van der Waals surface area (Å²) < 4.78 is 5.57. The van der Waals surface area contributed by atoms with Crippen LogP contribution < -0.4 is 5.43 Å². The molecule has 0 spiro atoms. The molecule has 0 radical (unpaired) electrons.